The van der Waals surface area contributed by atoms with E-state index in [0.29, 0.717) is 24.3 Å². The van der Waals surface area contributed by atoms with Gasteiger partial charge in [0, 0.05) is 18.8 Å². The van der Waals surface area contributed by atoms with Gasteiger partial charge in [-0.2, -0.15) is 4.31 Å². The molecule has 2 aromatic carbocycles. The monoisotopic (exact) mass is 458 g/mol. The summed E-state index contributed by atoms with van der Waals surface area (Å²) in [6, 6.07) is 13.9. The molecule has 0 radical (unpaired) electrons. The molecular weight excluding hydrogens is 432 g/mol. The third-order valence-electron chi connectivity index (χ3n) is 5.41. The number of anilines is 1. The Bertz CT molecular complexity index is 1110. The van der Waals surface area contributed by atoms with Crippen LogP contribution in [0.3, 0.4) is 0 Å². The zero-order valence-corrected chi connectivity index (χ0v) is 19.0. The van der Waals surface area contributed by atoms with E-state index in [1.165, 1.54) is 28.6 Å². The average Bonchev–Trinajstić information content (AvgIpc) is 2.99. The van der Waals surface area contributed by atoms with Crippen molar-refractivity contribution in [2.45, 2.75) is 31.2 Å². The second-order valence-corrected chi connectivity index (χ2v) is 9.41. The van der Waals surface area contributed by atoms with Gasteiger partial charge in [0.2, 0.25) is 15.9 Å². The zero-order chi connectivity index (χ0) is 23.5. The van der Waals surface area contributed by atoms with Crippen LogP contribution in [0, 0.1) is 0 Å². The maximum atomic E-state index is 12.9. The Hall–Kier alpha value is -3.24. The van der Waals surface area contributed by atoms with E-state index >= 15 is 0 Å². The van der Waals surface area contributed by atoms with E-state index in [9.17, 15) is 22.8 Å². The fraction of sp³-hybridized carbons (Fsp3) is 0.318. The first-order valence-electron chi connectivity index (χ1n) is 10.2. The summed E-state index contributed by atoms with van der Waals surface area (Å²) in [5, 5.41) is 5.24. The lowest BCUT2D eigenvalue weighted by molar-refractivity contribution is -0.133. The second-order valence-electron chi connectivity index (χ2n) is 7.47. The largest absolute Gasteiger partial charge is 0.325 e. The quantitative estimate of drug-likeness (QED) is 0.588. The molecule has 0 aromatic heterocycles. The van der Waals surface area contributed by atoms with E-state index in [4.69, 9.17) is 0 Å². The highest BCUT2D eigenvalue weighted by atomic mass is 32.2. The number of sulfonamides is 1. The average molecular weight is 459 g/mol. The summed E-state index contributed by atoms with van der Waals surface area (Å²) < 4.78 is 26.5. The van der Waals surface area contributed by atoms with Crippen LogP contribution >= 0.6 is 0 Å². The van der Waals surface area contributed by atoms with Crippen molar-refractivity contribution in [2.24, 2.45) is 0 Å². The molecule has 1 saturated heterocycles. The van der Waals surface area contributed by atoms with Gasteiger partial charge in [-0.1, -0.05) is 44.2 Å². The predicted octanol–water partition coefficient (Wildman–Crippen LogP) is 2.12. The van der Waals surface area contributed by atoms with Gasteiger partial charge in [0.15, 0.2) is 0 Å². The molecule has 4 amide bonds. The van der Waals surface area contributed by atoms with Crippen molar-refractivity contribution >= 4 is 33.6 Å². The van der Waals surface area contributed by atoms with E-state index in [-0.39, 0.29) is 4.90 Å². The number of hydrogen-bond donors (Lipinski definition) is 2. The van der Waals surface area contributed by atoms with Gasteiger partial charge in [0.25, 0.3) is 5.91 Å². The summed E-state index contributed by atoms with van der Waals surface area (Å²) in [4.78, 5) is 38.7. The Morgan fingerprint density at radius 1 is 1.03 bits per heavy atom. The number of rotatable bonds is 8. The third-order valence-corrected chi connectivity index (χ3v) is 7.47. The van der Waals surface area contributed by atoms with E-state index in [0.717, 1.165) is 4.90 Å². The molecule has 9 nitrogen and oxygen atoms in total. The zero-order valence-electron chi connectivity index (χ0n) is 18.2. The highest BCUT2D eigenvalue weighted by Gasteiger charge is 2.49. The summed E-state index contributed by atoms with van der Waals surface area (Å²) in [5.41, 5.74) is -0.281. The predicted molar refractivity (Wildman–Crippen MR) is 119 cm³/mol. The van der Waals surface area contributed by atoms with E-state index in [2.05, 4.69) is 10.6 Å². The van der Waals surface area contributed by atoms with Gasteiger partial charge in [-0.15, -0.1) is 0 Å². The molecule has 32 heavy (non-hydrogen) atoms. The summed E-state index contributed by atoms with van der Waals surface area (Å²) in [6.45, 7) is 5.35. The topological polar surface area (TPSA) is 116 Å². The molecule has 1 heterocycles. The van der Waals surface area contributed by atoms with Crippen LogP contribution in [-0.4, -0.2) is 55.1 Å². The summed E-state index contributed by atoms with van der Waals surface area (Å²) in [6.07, 6.45) is 0. The van der Waals surface area contributed by atoms with Gasteiger partial charge in [-0.3, -0.25) is 14.5 Å². The number of urea groups is 1. The highest BCUT2D eigenvalue weighted by Crippen LogP contribution is 2.28. The fourth-order valence-electron chi connectivity index (χ4n) is 3.57. The van der Waals surface area contributed by atoms with E-state index in [1.54, 1.807) is 51.1 Å². The van der Waals surface area contributed by atoms with Crippen molar-refractivity contribution in [1.82, 2.24) is 14.5 Å². The van der Waals surface area contributed by atoms with Crippen molar-refractivity contribution in [3.63, 3.8) is 0 Å². The normalized spacial score (nSPS) is 18.7. The number of imide groups is 1. The Morgan fingerprint density at radius 3 is 2.19 bits per heavy atom. The Kier molecular flexibility index (Phi) is 6.65. The van der Waals surface area contributed by atoms with Crippen LogP contribution in [0.5, 0.6) is 0 Å². The minimum absolute atomic E-state index is 0.118. The molecule has 0 aliphatic carbocycles. The van der Waals surface area contributed by atoms with Gasteiger partial charge in [0.1, 0.15) is 12.1 Å². The molecule has 0 spiro atoms. The van der Waals surface area contributed by atoms with Crippen molar-refractivity contribution < 1.29 is 22.8 Å². The molecule has 1 aliphatic heterocycles. The number of carbonyl (C=O) groups is 3. The summed E-state index contributed by atoms with van der Waals surface area (Å²) in [7, 11) is -3.60. The number of hydrogen-bond acceptors (Lipinski definition) is 5. The lowest BCUT2D eigenvalue weighted by Gasteiger charge is -2.22. The number of nitrogens with one attached hydrogen (secondary N) is 2. The van der Waals surface area contributed by atoms with Crippen molar-refractivity contribution in [2.75, 3.05) is 25.0 Å². The molecular formula is C22H26N4O5S. The van der Waals surface area contributed by atoms with Crippen molar-refractivity contribution in [3.05, 3.63) is 60.2 Å². The minimum Gasteiger partial charge on any atom is -0.325 e. The molecule has 3 rings (SSSR count). The van der Waals surface area contributed by atoms with Gasteiger partial charge in [-0.05, 0) is 36.8 Å². The summed E-state index contributed by atoms with van der Waals surface area (Å²) in [5.74, 6) is -1.10. The molecule has 1 atom stereocenters. The maximum Gasteiger partial charge on any atom is 0.325 e. The minimum atomic E-state index is -3.60. The van der Waals surface area contributed by atoms with Crippen LogP contribution in [0.4, 0.5) is 10.5 Å². The SMILES string of the molecule is CCN(CC)S(=O)(=O)c1ccc(NC(=O)CN2C(=O)N[C@@](C)(c3ccccc3)C2=O)cc1. The molecule has 1 fully saturated rings. The van der Waals surface area contributed by atoms with Crippen LogP contribution < -0.4 is 10.6 Å². The first-order valence-corrected chi connectivity index (χ1v) is 11.7. The number of amides is 4. The molecule has 2 aromatic rings. The lowest BCUT2D eigenvalue weighted by Crippen LogP contribution is -2.42. The second kappa shape index (κ2) is 9.09. The number of benzene rings is 2. The van der Waals surface area contributed by atoms with E-state index < -0.39 is 40.0 Å². The number of nitrogens with zero attached hydrogens (tertiary/aromatic N) is 2. The molecule has 0 saturated carbocycles. The Balaban J connectivity index is 1.68. The lowest BCUT2D eigenvalue weighted by atomic mass is 9.92. The van der Waals surface area contributed by atoms with Crippen LogP contribution in [-0.2, 0) is 25.2 Å². The van der Waals surface area contributed by atoms with Crippen LogP contribution in [0.25, 0.3) is 0 Å². The van der Waals surface area contributed by atoms with Gasteiger partial charge in [-0.25, -0.2) is 13.2 Å². The fourth-order valence-corrected chi connectivity index (χ4v) is 5.03. The highest BCUT2D eigenvalue weighted by molar-refractivity contribution is 7.89. The Labute approximate surface area is 187 Å². The molecule has 10 heteroatoms. The van der Waals surface area contributed by atoms with Crippen LogP contribution in [0.2, 0.25) is 0 Å². The van der Waals surface area contributed by atoms with E-state index in [1.807, 2.05) is 0 Å². The molecule has 0 bridgehead atoms. The molecule has 2 N–H and O–H groups in total. The Morgan fingerprint density at radius 2 is 1.62 bits per heavy atom. The van der Waals surface area contributed by atoms with Gasteiger partial charge in [0.05, 0.1) is 4.90 Å². The standard InChI is InChI=1S/C22H26N4O5S/c1-4-25(5-2)32(30,31)18-13-11-17(12-14-18)23-19(27)15-26-20(28)22(3,24-21(26)29)16-9-7-6-8-10-16/h6-14H,4-5,15H2,1-3H3,(H,23,27)(H,24,29)/t22-/m0/s1. The van der Waals surface area contributed by atoms with Gasteiger partial charge >= 0.3 is 6.03 Å². The van der Waals surface area contributed by atoms with Gasteiger partial charge < -0.3 is 10.6 Å². The molecule has 170 valence electrons. The third kappa shape index (κ3) is 4.37. The van der Waals surface area contributed by atoms with Crippen molar-refractivity contribution in [3.8, 4) is 0 Å². The first kappa shape index (κ1) is 23.4. The molecule has 0 unspecified atom stereocenters. The number of carbonyl (C=O) groups excluding carboxylic acids is 3. The summed E-state index contributed by atoms with van der Waals surface area (Å²) >= 11 is 0. The van der Waals surface area contributed by atoms with Crippen molar-refractivity contribution in [1.29, 1.82) is 0 Å². The van der Waals surface area contributed by atoms with Crippen LogP contribution in [0.15, 0.2) is 59.5 Å². The smallest absolute Gasteiger partial charge is 0.325 e. The van der Waals surface area contributed by atoms with Crippen LogP contribution in [0.1, 0.15) is 26.3 Å². The first-order chi connectivity index (χ1) is 15.1. The maximum absolute atomic E-state index is 12.9. The molecule has 1 aliphatic rings.